The second-order valence-electron chi connectivity index (χ2n) is 4.69. The molecule has 2 aromatic heterocycles. The maximum absolute atomic E-state index is 13.5. The SMILES string of the molecule is [2H]C([2H])(Nc1nonc1-c1noc(=O)n1-c1ccc(F)c(Br)c1)C([2H])([2H])NS(N)(=O)=O. The molecule has 2 heterocycles. The Morgan fingerprint density at radius 1 is 1.33 bits per heavy atom. The number of hydrogen-bond acceptors (Lipinski definition) is 9. The van der Waals surface area contributed by atoms with E-state index in [0.29, 0.717) is 0 Å². The van der Waals surface area contributed by atoms with E-state index in [4.69, 9.17) is 10.6 Å². The third kappa shape index (κ3) is 4.38. The molecule has 1 aromatic carbocycles. The van der Waals surface area contributed by atoms with E-state index >= 15 is 0 Å². The van der Waals surface area contributed by atoms with Gasteiger partial charge in [-0.15, -0.1) is 0 Å². The highest BCUT2D eigenvalue weighted by Gasteiger charge is 2.23. The van der Waals surface area contributed by atoms with Crippen LogP contribution in [0.25, 0.3) is 17.2 Å². The van der Waals surface area contributed by atoms with Crippen molar-refractivity contribution in [1.82, 2.24) is 24.8 Å². The van der Waals surface area contributed by atoms with E-state index in [2.05, 4.69) is 40.6 Å². The lowest BCUT2D eigenvalue weighted by Gasteiger charge is -2.06. The van der Waals surface area contributed by atoms with Crippen molar-refractivity contribution in [3.05, 3.63) is 39.0 Å². The van der Waals surface area contributed by atoms with Crippen LogP contribution < -0.4 is 20.9 Å². The molecular weight excluding hydrogens is 453 g/mol. The minimum absolute atomic E-state index is 0.0132. The molecule has 4 N–H and O–H groups in total. The predicted octanol–water partition coefficient (Wildman–Crippen LogP) is -0.0179. The van der Waals surface area contributed by atoms with Crippen LogP contribution in [-0.4, -0.2) is 41.4 Å². The van der Waals surface area contributed by atoms with E-state index in [1.807, 2.05) is 5.32 Å². The molecule has 0 unspecified atom stereocenters. The molecule has 0 saturated carbocycles. The van der Waals surface area contributed by atoms with Crippen molar-refractivity contribution >= 4 is 32.0 Å². The Balaban J connectivity index is 2.04. The lowest BCUT2D eigenvalue weighted by Crippen LogP contribution is -2.34. The van der Waals surface area contributed by atoms with Crippen molar-refractivity contribution in [2.24, 2.45) is 5.14 Å². The van der Waals surface area contributed by atoms with Gasteiger partial charge < -0.3 is 5.32 Å². The fourth-order valence-corrected chi connectivity index (χ4v) is 2.42. The predicted molar refractivity (Wildman–Crippen MR) is 92.6 cm³/mol. The van der Waals surface area contributed by atoms with E-state index in [1.165, 1.54) is 16.9 Å². The molecule has 0 aliphatic rings. The number of benzene rings is 1. The van der Waals surface area contributed by atoms with E-state index in [0.717, 1.165) is 10.6 Å². The maximum Gasteiger partial charge on any atom is 0.446 e. The van der Waals surface area contributed by atoms with Gasteiger partial charge in [0.05, 0.1) is 12.9 Å². The molecule has 144 valence electrons. The first-order chi connectivity index (χ1) is 14.2. The summed E-state index contributed by atoms with van der Waals surface area (Å²) >= 11 is 2.97. The van der Waals surface area contributed by atoms with Crippen LogP contribution in [0.3, 0.4) is 0 Å². The van der Waals surface area contributed by atoms with Gasteiger partial charge >= 0.3 is 5.76 Å². The van der Waals surface area contributed by atoms with E-state index in [1.54, 1.807) is 0 Å². The average Bonchev–Trinajstić information content (AvgIpc) is 3.21. The molecule has 0 atom stereocenters. The van der Waals surface area contributed by atoms with Crippen LogP contribution >= 0.6 is 15.9 Å². The van der Waals surface area contributed by atoms with Crippen LogP contribution in [-0.2, 0) is 10.2 Å². The summed E-state index contributed by atoms with van der Waals surface area (Å²) < 4.78 is 78.0. The van der Waals surface area contributed by atoms with Crippen molar-refractivity contribution in [2.75, 3.05) is 18.3 Å². The average molecular weight is 468 g/mol. The first-order valence-electron chi connectivity index (χ1n) is 8.69. The van der Waals surface area contributed by atoms with Gasteiger partial charge in [-0.2, -0.15) is 8.42 Å². The number of hydrogen-bond donors (Lipinski definition) is 3. The normalized spacial score (nSPS) is 14.9. The summed E-state index contributed by atoms with van der Waals surface area (Å²) in [6.45, 7) is -6.41. The molecule has 27 heavy (non-hydrogen) atoms. The molecule has 0 aliphatic heterocycles. The number of nitrogens with zero attached hydrogens (tertiary/aromatic N) is 4. The van der Waals surface area contributed by atoms with Gasteiger partial charge in [-0.25, -0.2) is 28.2 Å². The van der Waals surface area contributed by atoms with Gasteiger partial charge in [0.1, 0.15) is 5.82 Å². The molecule has 0 saturated heterocycles. The van der Waals surface area contributed by atoms with Gasteiger partial charge in [0.15, 0.2) is 5.69 Å². The number of nitrogens with one attached hydrogen (secondary N) is 2. The highest BCUT2D eigenvalue weighted by molar-refractivity contribution is 9.10. The summed E-state index contributed by atoms with van der Waals surface area (Å²) in [7, 11) is -4.63. The standard InChI is InChI=1S/C12H11BrFN7O5S/c13-7-5-6(1-2-8(7)14)21-11(20-25-12(21)22)9-10(19-26-18-9)16-3-4-17-27(15,23)24/h1-2,5,17H,3-4H2,(H,16,19)(H2,15,23,24)/i3D2,4D2. The molecule has 0 radical (unpaired) electrons. The first kappa shape index (κ1) is 14.4. The maximum atomic E-state index is 13.5. The zero-order valence-corrected chi connectivity index (χ0v) is 15.2. The number of rotatable bonds is 7. The summed E-state index contributed by atoms with van der Waals surface area (Å²) in [5.41, 5.74) is -0.320. The van der Waals surface area contributed by atoms with Crippen LogP contribution in [0.4, 0.5) is 10.2 Å². The Morgan fingerprint density at radius 2 is 2.11 bits per heavy atom. The van der Waals surface area contributed by atoms with Crippen LogP contribution in [0.1, 0.15) is 5.48 Å². The van der Waals surface area contributed by atoms with E-state index in [9.17, 15) is 17.6 Å². The van der Waals surface area contributed by atoms with Crippen molar-refractivity contribution in [3.8, 4) is 17.2 Å². The number of halogens is 2. The third-order valence-corrected chi connectivity index (χ3v) is 3.90. The minimum Gasteiger partial charge on any atom is -0.364 e. The molecule has 3 rings (SSSR count). The van der Waals surface area contributed by atoms with E-state index in [-0.39, 0.29) is 16.0 Å². The van der Waals surface area contributed by atoms with Crippen LogP contribution in [0.5, 0.6) is 0 Å². The second-order valence-corrected chi connectivity index (χ2v) is 6.84. The molecule has 0 bridgehead atoms. The Kier molecular flexibility index (Phi) is 4.04. The smallest absolute Gasteiger partial charge is 0.364 e. The highest BCUT2D eigenvalue weighted by Crippen LogP contribution is 2.25. The molecule has 0 spiro atoms. The summed E-state index contributed by atoms with van der Waals surface area (Å²) in [6.07, 6.45) is 0. The van der Waals surface area contributed by atoms with Crippen LogP contribution in [0.15, 0.2) is 36.6 Å². The summed E-state index contributed by atoms with van der Waals surface area (Å²) in [4.78, 5) is 12.1. The van der Waals surface area contributed by atoms with Crippen molar-refractivity contribution in [3.63, 3.8) is 0 Å². The Morgan fingerprint density at radius 3 is 2.81 bits per heavy atom. The highest BCUT2D eigenvalue weighted by atomic mass is 79.9. The Hall–Kier alpha value is -2.62. The second kappa shape index (κ2) is 7.55. The molecule has 0 amide bonds. The van der Waals surface area contributed by atoms with Crippen LogP contribution in [0, 0.1) is 5.82 Å². The summed E-state index contributed by atoms with van der Waals surface area (Å²) in [6, 6.07) is 3.50. The van der Waals surface area contributed by atoms with E-state index < -0.39 is 46.3 Å². The van der Waals surface area contributed by atoms with Crippen molar-refractivity contribution < 1.29 is 27.4 Å². The summed E-state index contributed by atoms with van der Waals surface area (Å²) in [5, 5.41) is 17.1. The van der Waals surface area contributed by atoms with Crippen molar-refractivity contribution in [1.29, 1.82) is 0 Å². The molecule has 0 fully saturated rings. The zero-order valence-electron chi connectivity index (χ0n) is 16.8. The number of anilines is 1. The zero-order chi connectivity index (χ0) is 23.2. The van der Waals surface area contributed by atoms with Gasteiger partial charge in [0.25, 0.3) is 10.2 Å². The third-order valence-electron chi connectivity index (χ3n) is 2.90. The fraction of sp³-hybridized carbons (Fsp3) is 0.167. The Bertz CT molecular complexity index is 1290. The number of aromatic nitrogens is 4. The molecule has 0 aliphatic carbocycles. The molecule has 12 nitrogen and oxygen atoms in total. The van der Waals surface area contributed by atoms with Gasteiger partial charge in [0.2, 0.25) is 11.6 Å². The lowest BCUT2D eigenvalue weighted by atomic mass is 10.3. The number of nitrogens with two attached hydrogens (primary N) is 1. The fourth-order valence-electron chi connectivity index (χ4n) is 1.86. The molecule has 3 aromatic rings. The van der Waals surface area contributed by atoms with Gasteiger partial charge in [-0.05, 0) is 44.4 Å². The van der Waals surface area contributed by atoms with Gasteiger partial charge in [-0.1, -0.05) is 5.16 Å². The van der Waals surface area contributed by atoms with Gasteiger partial charge in [0, 0.05) is 15.7 Å². The quantitative estimate of drug-likeness (QED) is 0.431. The summed E-state index contributed by atoms with van der Waals surface area (Å²) in [5.74, 6) is -2.55. The molecule has 15 heteroatoms. The first-order valence-corrected chi connectivity index (χ1v) is 9.03. The molecular formula is C12H11BrFN7O5S. The van der Waals surface area contributed by atoms with Crippen molar-refractivity contribution in [2.45, 2.75) is 0 Å². The Labute approximate surface area is 164 Å². The largest absolute Gasteiger partial charge is 0.446 e. The lowest BCUT2D eigenvalue weighted by molar-refractivity contribution is 0.309. The minimum atomic E-state index is -4.63. The topological polar surface area (TPSA) is 171 Å². The monoisotopic (exact) mass is 467 g/mol. The van der Waals surface area contributed by atoms with Gasteiger partial charge in [-0.3, -0.25) is 4.52 Å². The van der Waals surface area contributed by atoms with Crippen LogP contribution in [0.2, 0.25) is 0 Å².